The fourth-order valence-electron chi connectivity index (χ4n) is 3.87. The van der Waals surface area contributed by atoms with Gasteiger partial charge in [0.2, 0.25) is 0 Å². The summed E-state index contributed by atoms with van der Waals surface area (Å²) in [7, 11) is 3.08. The maximum Gasteiger partial charge on any atom is 0.262 e. The molecule has 1 aliphatic rings. The van der Waals surface area contributed by atoms with E-state index in [-0.39, 0.29) is 37.3 Å². The number of amides is 2. The van der Waals surface area contributed by atoms with Gasteiger partial charge in [-0.2, -0.15) is 5.10 Å². The molecule has 1 aliphatic heterocycles. The molecule has 182 valence electrons. The van der Waals surface area contributed by atoms with Crippen LogP contribution >= 0.6 is 0 Å². The lowest BCUT2D eigenvalue weighted by atomic mass is 10.0. The molecule has 1 aromatic heterocycles. The molecule has 35 heavy (non-hydrogen) atoms. The molecule has 0 N–H and O–H groups in total. The number of nitrogens with zero attached hydrogens (tertiary/aromatic N) is 3. The van der Waals surface area contributed by atoms with Gasteiger partial charge in [0.25, 0.3) is 11.8 Å². The minimum Gasteiger partial charge on any atom is -0.497 e. The van der Waals surface area contributed by atoms with Crippen LogP contribution in [-0.2, 0) is 9.53 Å². The molecule has 1 atom stereocenters. The Morgan fingerprint density at radius 1 is 1.11 bits per heavy atom. The highest BCUT2D eigenvalue weighted by Crippen LogP contribution is 2.33. The van der Waals surface area contributed by atoms with Gasteiger partial charge in [-0.15, -0.1) is 0 Å². The summed E-state index contributed by atoms with van der Waals surface area (Å²) in [6, 6.07) is 15.7. The van der Waals surface area contributed by atoms with Crippen LogP contribution in [0.4, 0.5) is 4.39 Å². The molecule has 8 nitrogen and oxygen atoms in total. The van der Waals surface area contributed by atoms with E-state index in [1.807, 2.05) is 0 Å². The average Bonchev–Trinajstić information content (AvgIpc) is 3.57. The summed E-state index contributed by atoms with van der Waals surface area (Å²) in [5, 5.41) is 5.89. The van der Waals surface area contributed by atoms with Gasteiger partial charge in [-0.05, 0) is 54.1 Å². The molecule has 0 radical (unpaired) electrons. The Morgan fingerprint density at radius 2 is 1.86 bits per heavy atom. The summed E-state index contributed by atoms with van der Waals surface area (Å²) in [6.45, 7) is 0.285. The number of benzene rings is 2. The number of hydrazone groups is 1. The summed E-state index contributed by atoms with van der Waals surface area (Å²) >= 11 is 0. The second-order valence-electron chi connectivity index (χ2n) is 7.98. The van der Waals surface area contributed by atoms with Gasteiger partial charge in [0.05, 0.1) is 25.7 Å². The van der Waals surface area contributed by atoms with Crippen molar-refractivity contribution >= 4 is 17.5 Å². The molecule has 2 aromatic carbocycles. The molecule has 3 aromatic rings. The Bertz CT molecular complexity index is 1180. The number of methoxy groups -OCH3 is 2. The zero-order chi connectivity index (χ0) is 24.8. The first-order valence-corrected chi connectivity index (χ1v) is 11.1. The molecule has 0 bridgehead atoms. The van der Waals surface area contributed by atoms with Gasteiger partial charge in [0.15, 0.2) is 0 Å². The van der Waals surface area contributed by atoms with Crippen molar-refractivity contribution in [2.45, 2.75) is 12.5 Å². The quantitative estimate of drug-likeness (QED) is 0.465. The fourth-order valence-corrected chi connectivity index (χ4v) is 3.87. The largest absolute Gasteiger partial charge is 0.497 e. The maximum atomic E-state index is 13.5. The molecule has 0 aliphatic carbocycles. The van der Waals surface area contributed by atoms with E-state index in [1.54, 1.807) is 55.6 Å². The molecule has 0 spiro atoms. The van der Waals surface area contributed by atoms with Crippen LogP contribution in [0.3, 0.4) is 0 Å². The molecular formula is C26H26FN3O5. The summed E-state index contributed by atoms with van der Waals surface area (Å²) in [5.74, 6) is 0.163. The highest BCUT2D eigenvalue weighted by molar-refractivity contribution is 6.03. The first kappa shape index (κ1) is 24.2. The highest BCUT2D eigenvalue weighted by Gasteiger charge is 2.36. The Morgan fingerprint density at radius 3 is 2.49 bits per heavy atom. The van der Waals surface area contributed by atoms with E-state index >= 15 is 0 Å². The lowest BCUT2D eigenvalue weighted by Gasteiger charge is -2.26. The predicted octanol–water partition coefficient (Wildman–Crippen LogP) is 3.89. The lowest BCUT2D eigenvalue weighted by molar-refractivity contribution is -0.134. The van der Waals surface area contributed by atoms with Gasteiger partial charge in [0.1, 0.15) is 29.9 Å². The van der Waals surface area contributed by atoms with Crippen LogP contribution in [0.1, 0.15) is 34.1 Å². The number of hydrogen-bond acceptors (Lipinski definition) is 6. The lowest BCUT2D eigenvalue weighted by Crippen LogP contribution is -2.42. The normalized spacial score (nSPS) is 15.1. The number of hydrogen-bond donors (Lipinski definition) is 0. The van der Waals surface area contributed by atoms with Crippen molar-refractivity contribution in [3.05, 3.63) is 89.6 Å². The standard InChI is InChI=1S/C26H26FN3O5/c1-33-15-13-29(26(32)19-7-11-21(34-2)12-8-19)17-25(31)30-23(24-4-3-14-35-24)16-22(28-30)18-5-9-20(27)10-6-18/h3-12,14,23H,13,15-17H2,1-2H3/t23-/m1/s1. The number of carbonyl (C=O) groups excluding carboxylic acids is 2. The van der Waals surface area contributed by atoms with Crippen LogP contribution in [0, 0.1) is 5.82 Å². The van der Waals surface area contributed by atoms with Crippen LogP contribution < -0.4 is 4.74 Å². The minimum atomic E-state index is -0.474. The van der Waals surface area contributed by atoms with Crippen molar-refractivity contribution in [2.24, 2.45) is 5.10 Å². The van der Waals surface area contributed by atoms with Crippen molar-refractivity contribution in [2.75, 3.05) is 33.9 Å². The molecular weight excluding hydrogens is 453 g/mol. The zero-order valence-corrected chi connectivity index (χ0v) is 19.5. The van der Waals surface area contributed by atoms with Gasteiger partial charge in [0, 0.05) is 25.6 Å². The van der Waals surface area contributed by atoms with E-state index < -0.39 is 6.04 Å². The molecule has 9 heteroatoms. The van der Waals surface area contributed by atoms with Crippen LogP contribution in [-0.4, -0.2) is 61.4 Å². The van der Waals surface area contributed by atoms with E-state index in [0.717, 1.165) is 0 Å². The van der Waals surface area contributed by atoms with Crippen LogP contribution in [0.5, 0.6) is 5.75 Å². The highest BCUT2D eigenvalue weighted by atomic mass is 19.1. The number of furan rings is 1. The summed E-state index contributed by atoms with van der Waals surface area (Å²) in [4.78, 5) is 28.1. The predicted molar refractivity (Wildman–Crippen MR) is 127 cm³/mol. The maximum absolute atomic E-state index is 13.5. The zero-order valence-electron chi connectivity index (χ0n) is 19.5. The van der Waals surface area contributed by atoms with Crippen LogP contribution in [0.2, 0.25) is 0 Å². The number of halogens is 1. The van der Waals surface area contributed by atoms with Gasteiger partial charge >= 0.3 is 0 Å². The Balaban J connectivity index is 1.58. The molecule has 4 rings (SSSR count). The topological polar surface area (TPSA) is 84.6 Å². The van der Waals surface area contributed by atoms with Gasteiger partial charge in [-0.25, -0.2) is 9.40 Å². The van der Waals surface area contributed by atoms with Crippen LogP contribution in [0.15, 0.2) is 76.4 Å². The van der Waals surface area contributed by atoms with Gasteiger partial charge < -0.3 is 18.8 Å². The van der Waals surface area contributed by atoms with Crippen molar-refractivity contribution < 1.29 is 27.9 Å². The molecule has 2 heterocycles. The Labute approximate surface area is 202 Å². The van der Waals surface area contributed by atoms with E-state index in [2.05, 4.69) is 5.10 Å². The smallest absolute Gasteiger partial charge is 0.262 e. The number of ether oxygens (including phenoxy) is 2. The van der Waals surface area contributed by atoms with Gasteiger partial charge in [-0.1, -0.05) is 12.1 Å². The Kier molecular flexibility index (Phi) is 7.57. The first-order valence-electron chi connectivity index (χ1n) is 11.1. The Hall–Kier alpha value is -3.98. The van der Waals surface area contributed by atoms with Crippen molar-refractivity contribution in [1.29, 1.82) is 0 Å². The van der Waals surface area contributed by atoms with Crippen molar-refractivity contribution in [3.8, 4) is 5.75 Å². The van der Waals surface area contributed by atoms with Gasteiger partial charge in [-0.3, -0.25) is 9.59 Å². The van der Waals surface area contributed by atoms with Crippen LogP contribution in [0.25, 0.3) is 0 Å². The molecule has 2 amide bonds. The third kappa shape index (κ3) is 5.58. The summed E-state index contributed by atoms with van der Waals surface area (Å²) in [6.07, 6.45) is 1.93. The molecule has 0 unspecified atom stereocenters. The minimum absolute atomic E-state index is 0.203. The second-order valence-corrected chi connectivity index (χ2v) is 7.98. The third-order valence-electron chi connectivity index (χ3n) is 5.73. The monoisotopic (exact) mass is 479 g/mol. The second kappa shape index (κ2) is 11.0. The average molecular weight is 480 g/mol. The number of rotatable bonds is 9. The van der Waals surface area contributed by atoms with Crippen molar-refractivity contribution in [3.63, 3.8) is 0 Å². The van der Waals surface area contributed by atoms with E-state index in [9.17, 15) is 14.0 Å². The molecule has 0 fully saturated rings. The fraction of sp³-hybridized carbons (Fsp3) is 0.269. The van der Waals surface area contributed by atoms with E-state index in [0.29, 0.717) is 34.8 Å². The summed E-state index contributed by atoms with van der Waals surface area (Å²) < 4.78 is 29.3. The molecule has 0 saturated carbocycles. The van der Waals surface area contributed by atoms with Crippen molar-refractivity contribution in [1.82, 2.24) is 9.91 Å². The van der Waals surface area contributed by atoms with E-state index in [1.165, 1.54) is 35.4 Å². The number of carbonyl (C=O) groups is 2. The molecule has 0 saturated heterocycles. The first-order chi connectivity index (χ1) is 17.0. The third-order valence-corrected chi connectivity index (χ3v) is 5.73. The SMILES string of the molecule is COCCN(CC(=O)N1N=C(c2ccc(F)cc2)C[C@@H]1c1ccco1)C(=O)c1ccc(OC)cc1. The summed E-state index contributed by atoms with van der Waals surface area (Å²) in [5.41, 5.74) is 1.77. The van der Waals surface area contributed by atoms with E-state index in [4.69, 9.17) is 13.9 Å².